The highest BCUT2D eigenvalue weighted by molar-refractivity contribution is 4.96. The van der Waals surface area contributed by atoms with Gasteiger partial charge in [-0.3, -0.25) is 0 Å². The molecule has 1 aliphatic rings. The second kappa shape index (κ2) is 4.42. The zero-order chi connectivity index (χ0) is 11.8. The topological polar surface area (TPSA) is 29.5 Å². The smallest absolute Gasteiger partial charge is 0.0631 e. The summed E-state index contributed by atoms with van der Waals surface area (Å²) in [7, 11) is 1.79. The largest absolute Gasteiger partial charge is 0.390 e. The van der Waals surface area contributed by atoms with E-state index in [2.05, 4.69) is 20.8 Å². The summed E-state index contributed by atoms with van der Waals surface area (Å²) < 4.78 is 5.61. The highest BCUT2D eigenvalue weighted by Gasteiger charge is 2.47. The van der Waals surface area contributed by atoms with E-state index in [1.807, 2.05) is 13.8 Å². The molecule has 0 spiro atoms. The van der Waals surface area contributed by atoms with E-state index < -0.39 is 5.60 Å². The molecular formula is C13H26O2. The van der Waals surface area contributed by atoms with Gasteiger partial charge >= 0.3 is 0 Å². The van der Waals surface area contributed by atoms with Crippen LogP contribution in [0.5, 0.6) is 0 Å². The third-order valence-electron chi connectivity index (χ3n) is 4.14. The maximum atomic E-state index is 10.1. The Balaban J connectivity index is 2.83. The minimum Gasteiger partial charge on any atom is -0.390 e. The van der Waals surface area contributed by atoms with Gasteiger partial charge in [-0.2, -0.15) is 0 Å². The van der Waals surface area contributed by atoms with Crippen molar-refractivity contribution in [2.75, 3.05) is 7.11 Å². The summed E-state index contributed by atoms with van der Waals surface area (Å²) in [6, 6.07) is 0. The lowest BCUT2D eigenvalue weighted by Crippen LogP contribution is -2.35. The lowest BCUT2D eigenvalue weighted by molar-refractivity contribution is -0.0218. The van der Waals surface area contributed by atoms with E-state index in [4.69, 9.17) is 4.74 Å². The van der Waals surface area contributed by atoms with Crippen molar-refractivity contribution < 1.29 is 9.84 Å². The molecule has 1 aliphatic carbocycles. The first-order chi connectivity index (χ1) is 6.79. The Morgan fingerprint density at radius 1 is 1.33 bits per heavy atom. The molecule has 1 fully saturated rings. The Kier molecular flexibility index (Phi) is 3.83. The zero-order valence-corrected chi connectivity index (χ0v) is 10.9. The van der Waals surface area contributed by atoms with E-state index in [0.29, 0.717) is 29.8 Å². The van der Waals surface area contributed by atoms with Crippen molar-refractivity contribution in [1.29, 1.82) is 0 Å². The first-order valence-corrected chi connectivity index (χ1v) is 6.04. The van der Waals surface area contributed by atoms with Gasteiger partial charge in [0.1, 0.15) is 0 Å². The van der Waals surface area contributed by atoms with Gasteiger partial charge in [0.05, 0.1) is 11.7 Å². The number of ether oxygens (including phenoxy) is 1. The predicted molar refractivity (Wildman–Crippen MR) is 62.7 cm³/mol. The van der Waals surface area contributed by atoms with Crippen molar-refractivity contribution in [3.63, 3.8) is 0 Å². The molecule has 2 heteroatoms. The molecule has 1 N–H and O–H groups in total. The lowest BCUT2D eigenvalue weighted by atomic mass is 9.83. The van der Waals surface area contributed by atoms with Crippen LogP contribution in [0.3, 0.4) is 0 Å². The summed E-state index contributed by atoms with van der Waals surface area (Å²) in [5.74, 6) is 2.02. The molecule has 0 radical (unpaired) electrons. The van der Waals surface area contributed by atoms with E-state index in [-0.39, 0.29) is 0 Å². The van der Waals surface area contributed by atoms with Gasteiger partial charge in [-0.1, -0.05) is 20.8 Å². The summed E-state index contributed by atoms with van der Waals surface area (Å²) in [6.07, 6.45) is 1.39. The normalized spacial score (nSPS) is 37.6. The standard InChI is InChI=1S/C13H26O2/c1-8(2)10-7-11(13(4,5)14)9(3)12(10)15-6/h8-12,14H,7H2,1-6H3/t9-,10+,11+,12-/m1/s1. The van der Waals surface area contributed by atoms with Crippen LogP contribution in [0.25, 0.3) is 0 Å². The molecule has 1 saturated carbocycles. The van der Waals surface area contributed by atoms with Gasteiger partial charge in [0, 0.05) is 7.11 Å². The predicted octanol–water partition coefficient (Wildman–Crippen LogP) is 2.70. The van der Waals surface area contributed by atoms with E-state index in [0.717, 1.165) is 6.42 Å². The highest BCUT2D eigenvalue weighted by atomic mass is 16.5. The summed E-state index contributed by atoms with van der Waals surface area (Å²) in [4.78, 5) is 0. The van der Waals surface area contributed by atoms with Crippen LogP contribution in [0.2, 0.25) is 0 Å². The Morgan fingerprint density at radius 2 is 1.87 bits per heavy atom. The molecule has 0 aromatic rings. The Bertz CT molecular complexity index is 205. The van der Waals surface area contributed by atoms with Gasteiger partial charge in [0.15, 0.2) is 0 Å². The summed E-state index contributed by atoms with van der Waals surface area (Å²) in [6.45, 7) is 10.5. The zero-order valence-electron chi connectivity index (χ0n) is 10.9. The van der Waals surface area contributed by atoms with Crippen LogP contribution in [0, 0.1) is 23.7 Å². The molecule has 0 heterocycles. The summed E-state index contributed by atoms with van der Waals surface area (Å²) in [5, 5.41) is 10.1. The fourth-order valence-electron chi connectivity index (χ4n) is 3.23. The van der Waals surface area contributed by atoms with Gasteiger partial charge in [0.2, 0.25) is 0 Å². The number of rotatable bonds is 3. The van der Waals surface area contributed by atoms with Crippen LogP contribution in [0.1, 0.15) is 41.0 Å². The van der Waals surface area contributed by atoms with Crippen molar-refractivity contribution in [2.45, 2.75) is 52.7 Å². The van der Waals surface area contributed by atoms with E-state index in [1.165, 1.54) is 0 Å². The monoisotopic (exact) mass is 214 g/mol. The van der Waals surface area contributed by atoms with Gasteiger partial charge in [-0.05, 0) is 43.9 Å². The molecule has 90 valence electrons. The number of hydrogen-bond donors (Lipinski definition) is 1. The molecule has 0 bridgehead atoms. The number of hydrogen-bond acceptors (Lipinski definition) is 2. The number of methoxy groups -OCH3 is 1. The molecule has 4 atom stereocenters. The van der Waals surface area contributed by atoms with Crippen LogP contribution < -0.4 is 0 Å². The van der Waals surface area contributed by atoms with Crippen LogP contribution in [0.15, 0.2) is 0 Å². The second-order valence-electron chi connectivity index (χ2n) is 5.96. The van der Waals surface area contributed by atoms with Gasteiger partial charge in [-0.15, -0.1) is 0 Å². The fourth-order valence-corrected chi connectivity index (χ4v) is 3.23. The third-order valence-corrected chi connectivity index (χ3v) is 4.14. The SMILES string of the molecule is CO[C@@H]1[C@H](C)[C@@H](C(C)(C)O)C[C@H]1C(C)C. The highest BCUT2D eigenvalue weighted by Crippen LogP contribution is 2.46. The molecule has 0 aromatic heterocycles. The van der Waals surface area contributed by atoms with Crippen molar-refractivity contribution in [3.8, 4) is 0 Å². The average molecular weight is 214 g/mol. The molecule has 0 saturated heterocycles. The second-order valence-corrected chi connectivity index (χ2v) is 5.96. The van der Waals surface area contributed by atoms with Crippen molar-refractivity contribution in [1.82, 2.24) is 0 Å². The summed E-state index contributed by atoms with van der Waals surface area (Å²) in [5.41, 5.74) is -0.583. The van der Waals surface area contributed by atoms with Crippen molar-refractivity contribution in [2.24, 2.45) is 23.7 Å². The Morgan fingerprint density at radius 3 is 2.13 bits per heavy atom. The first kappa shape index (κ1) is 13.0. The maximum absolute atomic E-state index is 10.1. The van der Waals surface area contributed by atoms with E-state index in [9.17, 15) is 5.11 Å². The Hall–Kier alpha value is -0.0800. The molecule has 1 rings (SSSR count). The minimum atomic E-state index is -0.583. The molecule has 0 aromatic carbocycles. The quantitative estimate of drug-likeness (QED) is 0.782. The fraction of sp³-hybridized carbons (Fsp3) is 1.00. The van der Waals surface area contributed by atoms with E-state index >= 15 is 0 Å². The molecular weight excluding hydrogens is 188 g/mol. The minimum absolute atomic E-state index is 0.307. The van der Waals surface area contributed by atoms with Crippen molar-refractivity contribution in [3.05, 3.63) is 0 Å². The van der Waals surface area contributed by atoms with E-state index in [1.54, 1.807) is 7.11 Å². The van der Waals surface area contributed by atoms with Gasteiger partial charge in [-0.25, -0.2) is 0 Å². The summed E-state index contributed by atoms with van der Waals surface area (Å²) >= 11 is 0. The molecule has 0 amide bonds. The Labute approximate surface area is 94.0 Å². The number of aliphatic hydroxyl groups is 1. The molecule has 2 nitrogen and oxygen atoms in total. The van der Waals surface area contributed by atoms with Gasteiger partial charge < -0.3 is 9.84 Å². The van der Waals surface area contributed by atoms with Crippen LogP contribution >= 0.6 is 0 Å². The van der Waals surface area contributed by atoms with Crippen LogP contribution in [0.4, 0.5) is 0 Å². The molecule has 15 heavy (non-hydrogen) atoms. The average Bonchev–Trinajstić information content (AvgIpc) is 2.41. The molecule has 0 unspecified atom stereocenters. The lowest BCUT2D eigenvalue weighted by Gasteiger charge is -2.30. The van der Waals surface area contributed by atoms with Crippen LogP contribution in [-0.4, -0.2) is 23.9 Å². The maximum Gasteiger partial charge on any atom is 0.0631 e. The first-order valence-electron chi connectivity index (χ1n) is 6.04. The molecule has 0 aliphatic heterocycles. The van der Waals surface area contributed by atoms with Crippen LogP contribution in [-0.2, 0) is 4.74 Å². The van der Waals surface area contributed by atoms with Crippen molar-refractivity contribution >= 4 is 0 Å². The third kappa shape index (κ3) is 2.54. The van der Waals surface area contributed by atoms with Gasteiger partial charge in [0.25, 0.3) is 0 Å².